The van der Waals surface area contributed by atoms with Crippen LogP contribution in [0.2, 0.25) is 0 Å². The summed E-state index contributed by atoms with van der Waals surface area (Å²) in [6, 6.07) is 10.4. The molecule has 4 nitrogen and oxygen atoms in total. The van der Waals surface area contributed by atoms with Gasteiger partial charge in [-0.05, 0) is 17.7 Å². The number of phenolic OH excluding ortho intramolecular Hbond substituents is 1. The molecule has 1 aromatic heterocycles. The van der Waals surface area contributed by atoms with Crippen molar-refractivity contribution in [2.45, 2.75) is 40.4 Å². The number of benzene rings is 2. The summed E-state index contributed by atoms with van der Waals surface area (Å²) in [5, 5.41) is 10.6. The number of fused-ring (bicyclic) bond motifs is 1. The normalized spacial score (nSPS) is 12.4. The molecule has 0 atom stereocenters. The van der Waals surface area contributed by atoms with Gasteiger partial charge in [-0.2, -0.15) is 13.2 Å². The van der Waals surface area contributed by atoms with Gasteiger partial charge in [-0.25, -0.2) is 0 Å². The van der Waals surface area contributed by atoms with Crippen molar-refractivity contribution >= 4 is 11.0 Å². The molecule has 0 saturated heterocycles. The lowest BCUT2D eigenvalue weighted by molar-refractivity contribution is -0.919. The van der Waals surface area contributed by atoms with E-state index >= 15 is 0 Å². The maximum absolute atomic E-state index is 14.0. The molecule has 7 heteroatoms. The van der Waals surface area contributed by atoms with Gasteiger partial charge >= 0.3 is 6.18 Å². The summed E-state index contributed by atoms with van der Waals surface area (Å²) in [4.78, 5) is 14.4. The molecule has 0 aliphatic heterocycles. The molecular weight excluding hydrogens is 419 g/mol. The molecule has 0 unspecified atom stereocenters. The number of halogens is 3. The first-order valence-electron chi connectivity index (χ1n) is 10.8. The highest BCUT2D eigenvalue weighted by atomic mass is 19.4. The van der Waals surface area contributed by atoms with E-state index in [1.54, 1.807) is 18.2 Å². The number of alkyl halides is 3. The van der Waals surface area contributed by atoms with Gasteiger partial charge in [0.15, 0.2) is 5.58 Å². The molecule has 0 spiro atoms. The predicted molar refractivity (Wildman–Crippen MR) is 119 cm³/mol. The summed E-state index contributed by atoms with van der Waals surface area (Å²) in [5.74, 6) is -0.819. The second kappa shape index (κ2) is 9.36. The summed E-state index contributed by atoms with van der Waals surface area (Å²) in [5.41, 5.74) is -1.12. The first-order chi connectivity index (χ1) is 15.0. The van der Waals surface area contributed by atoms with Crippen molar-refractivity contribution < 1.29 is 27.6 Å². The van der Waals surface area contributed by atoms with E-state index in [9.17, 15) is 23.1 Å². The fourth-order valence-electron chi connectivity index (χ4n) is 4.17. The Kier molecular flexibility index (Phi) is 6.98. The monoisotopic (exact) mass is 448 g/mol. The van der Waals surface area contributed by atoms with Crippen LogP contribution >= 0.6 is 0 Å². The average molecular weight is 449 g/mol. The number of quaternary nitrogens is 1. The Hall–Kier alpha value is -2.80. The van der Waals surface area contributed by atoms with Crippen molar-refractivity contribution in [3.05, 3.63) is 64.0 Å². The maximum Gasteiger partial charge on any atom is 0.450 e. The van der Waals surface area contributed by atoms with Crippen molar-refractivity contribution in [3.63, 3.8) is 0 Å². The molecule has 0 bridgehead atoms. The van der Waals surface area contributed by atoms with E-state index in [0.29, 0.717) is 11.8 Å². The molecule has 3 rings (SSSR count). The van der Waals surface area contributed by atoms with E-state index in [1.165, 1.54) is 24.3 Å². The first kappa shape index (κ1) is 23.9. The molecule has 2 aromatic carbocycles. The highest BCUT2D eigenvalue weighted by Crippen LogP contribution is 2.38. The Bertz CT molecular complexity index is 1130. The van der Waals surface area contributed by atoms with Crippen molar-refractivity contribution in [2.75, 3.05) is 13.1 Å². The molecule has 0 aliphatic carbocycles. The quantitative estimate of drug-likeness (QED) is 0.542. The summed E-state index contributed by atoms with van der Waals surface area (Å²) in [6.45, 7) is 10.1. The van der Waals surface area contributed by atoms with Gasteiger partial charge in [-0.1, -0.05) is 58.0 Å². The van der Waals surface area contributed by atoms with Crippen LogP contribution in [0, 0.1) is 11.8 Å². The Morgan fingerprint density at radius 1 is 0.969 bits per heavy atom. The van der Waals surface area contributed by atoms with Crippen LogP contribution in [0.5, 0.6) is 5.75 Å². The van der Waals surface area contributed by atoms with Crippen LogP contribution in [0.15, 0.2) is 51.7 Å². The summed E-state index contributed by atoms with van der Waals surface area (Å²) < 4.78 is 47.4. The second-order valence-electron chi connectivity index (χ2n) is 9.06. The third kappa shape index (κ3) is 5.15. The Morgan fingerprint density at radius 3 is 2.09 bits per heavy atom. The lowest BCUT2D eigenvalue weighted by Crippen LogP contribution is -3.11. The van der Waals surface area contributed by atoms with Crippen LogP contribution < -0.4 is 10.3 Å². The minimum Gasteiger partial charge on any atom is -0.507 e. The smallest absolute Gasteiger partial charge is 0.450 e. The number of phenols is 1. The third-order valence-electron chi connectivity index (χ3n) is 5.28. The summed E-state index contributed by atoms with van der Waals surface area (Å²) in [7, 11) is 0. The number of aromatic hydroxyl groups is 1. The minimum absolute atomic E-state index is 0.0260. The van der Waals surface area contributed by atoms with Gasteiger partial charge in [0.2, 0.25) is 11.2 Å². The molecule has 3 aromatic rings. The number of nitrogens with one attached hydrogen (secondary N) is 1. The molecule has 0 fully saturated rings. The largest absolute Gasteiger partial charge is 0.507 e. The second-order valence-corrected chi connectivity index (χ2v) is 9.06. The lowest BCUT2D eigenvalue weighted by Gasteiger charge is -2.24. The zero-order valence-corrected chi connectivity index (χ0v) is 18.7. The van der Waals surface area contributed by atoms with Gasteiger partial charge in [-0.3, -0.25) is 4.79 Å². The molecule has 0 saturated carbocycles. The first-order valence-corrected chi connectivity index (χ1v) is 10.8. The minimum atomic E-state index is -4.87. The maximum atomic E-state index is 14.0. The van der Waals surface area contributed by atoms with Crippen LogP contribution in [0.25, 0.3) is 22.1 Å². The van der Waals surface area contributed by atoms with E-state index < -0.39 is 22.9 Å². The van der Waals surface area contributed by atoms with Crippen molar-refractivity contribution in [3.8, 4) is 16.9 Å². The summed E-state index contributed by atoms with van der Waals surface area (Å²) >= 11 is 0. The van der Waals surface area contributed by atoms with Crippen LogP contribution in [-0.4, -0.2) is 18.2 Å². The van der Waals surface area contributed by atoms with E-state index in [0.717, 1.165) is 18.0 Å². The molecule has 0 radical (unpaired) electrons. The Balaban J connectivity index is 2.27. The fourth-order valence-corrected chi connectivity index (χ4v) is 4.17. The van der Waals surface area contributed by atoms with Gasteiger partial charge in [-0.15, -0.1) is 0 Å². The molecule has 172 valence electrons. The van der Waals surface area contributed by atoms with Gasteiger partial charge < -0.3 is 14.4 Å². The lowest BCUT2D eigenvalue weighted by atomic mass is 10.00. The fraction of sp³-hybridized carbons (Fsp3) is 0.400. The molecule has 32 heavy (non-hydrogen) atoms. The average Bonchev–Trinajstić information content (AvgIpc) is 2.69. The molecule has 0 aliphatic rings. The molecule has 2 N–H and O–H groups in total. The molecule has 1 heterocycles. The highest BCUT2D eigenvalue weighted by Gasteiger charge is 2.40. The zero-order chi connectivity index (χ0) is 23.6. The number of rotatable bonds is 7. The van der Waals surface area contributed by atoms with Gasteiger partial charge in [0, 0.05) is 11.8 Å². The van der Waals surface area contributed by atoms with Crippen molar-refractivity contribution in [1.29, 1.82) is 0 Å². The van der Waals surface area contributed by atoms with Crippen LogP contribution in [-0.2, 0) is 12.7 Å². The van der Waals surface area contributed by atoms with E-state index in [4.69, 9.17) is 4.42 Å². The third-order valence-corrected chi connectivity index (χ3v) is 5.28. The number of hydrogen-bond donors (Lipinski definition) is 2. The zero-order valence-electron chi connectivity index (χ0n) is 18.7. The van der Waals surface area contributed by atoms with E-state index in [2.05, 4.69) is 27.7 Å². The topological polar surface area (TPSA) is 54.9 Å². The standard InChI is InChI=1S/C25H28F3NO3/c1-15(2)12-29(13-16(3)4)14-19-20(30)11-10-18-22(31)21(17-8-6-5-7-9-17)24(25(26,27)28)32-23(18)19/h5-11,15-16,30H,12-14H2,1-4H3/p+1. The SMILES string of the molecule is CC(C)C[NH+](Cc1c(O)ccc2c(=O)c(-c3ccccc3)c(C(F)(F)F)oc12)CC(C)C. The van der Waals surface area contributed by atoms with Crippen molar-refractivity contribution in [2.24, 2.45) is 11.8 Å². The molecule has 0 amide bonds. The molecular formula is C25H29F3NO3+. The Labute approximate surface area is 185 Å². The van der Waals surface area contributed by atoms with Crippen molar-refractivity contribution in [1.82, 2.24) is 0 Å². The van der Waals surface area contributed by atoms with E-state index in [-0.39, 0.29) is 34.4 Å². The van der Waals surface area contributed by atoms with Crippen LogP contribution in [0.3, 0.4) is 0 Å². The number of hydrogen-bond acceptors (Lipinski definition) is 3. The van der Waals surface area contributed by atoms with Gasteiger partial charge in [0.25, 0.3) is 0 Å². The van der Waals surface area contributed by atoms with Crippen LogP contribution in [0.4, 0.5) is 13.2 Å². The van der Waals surface area contributed by atoms with Gasteiger partial charge in [0.1, 0.15) is 12.3 Å². The van der Waals surface area contributed by atoms with Crippen LogP contribution in [0.1, 0.15) is 39.0 Å². The van der Waals surface area contributed by atoms with E-state index in [1.807, 2.05) is 0 Å². The highest BCUT2D eigenvalue weighted by molar-refractivity contribution is 5.86. The predicted octanol–water partition coefficient (Wildman–Crippen LogP) is 4.88. The van der Waals surface area contributed by atoms with Gasteiger partial charge in [0.05, 0.1) is 29.6 Å². The Morgan fingerprint density at radius 2 is 1.56 bits per heavy atom. The summed E-state index contributed by atoms with van der Waals surface area (Å²) in [6.07, 6.45) is -4.87.